The summed E-state index contributed by atoms with van der Waals surface area (Å²) in [6.07, 6.45) is 3.18. The van der Waals surface area contributed by atoms with Crippen molar-refractivity contribution in [2.75, 3.05) is 19.0 Å². The zero-order valence-electron chi connectivity index (χ0n) is 22.8. The fourth-order valence-corrected chi connectivity index (χ4v) is 6.52. The van der Waals surface area contributed by atoms with Crippen LogP contribution < -0.4 is 10.6 Å². The predicted octanol–water partition coefficient (Wildman–Crippen LogP) is 3.66. The number of amides is 1. The largest absolute Gasteiger partial charge is 0.511 e. The number of aliphatic hydroxyl groups excluding tert-OH is 2. The number of hydrogen-bond acceptors (Lipinski definition) is 8. The van der Waals surface area contributed by atoms with Gasteiger partial charge in [0, 0.05) is 43.3 Å². The number of ketones is 2. The first-order valence-corrected chi connectivity index (χ1v) is 13.5. The van der Waals surface area contributed by atoms with Crippen molar-refractivity contribution < 1.29 is 34.8 Å². The van der Waals surface area contributed by atoms with Crippen LogP contribution in [0.3, 0.4) is 0 Å². The van der Waals surface area contributed by atoms with Crippen LogP contribution in [0.2, 0.25) is 0 Å². The number of aryl methyl sites for hydroxylation is 1. The fourth-order valence-electron chi connectivity index (χ4n) is 6.52. The number of carbonyl (C=O) groups is 3. The Bertz CT molecular complexity index is 1500. The van der Waals surface area contributed by atoms with Crippen molar-refractivity contribution in [2.24, 2.45) is 17.6 Å². The smallest absolute Gasteiger partial charge is 0.255 e. The Morgan fingerprint density at radius 2 is 1.77 bits per heavy atom. The van der Waals surface area contributed by atoms with Crippen LogP contribution >= 0.6 is 0 Å². The highest BCUT2D eigenvalue weighted by Gasteiger charge is 2.59. The first kappa shape index (κ1) is 27.5. The van der Waals surface area contributed by atoms with Crippen LogP contribution in [-0.4, -0.2) is 57.6 Å². The maximum atomic E-state index is 14.0. The lowest BCUT2D eigenvalue weighted by atomic mass is 9.60. The lowest BCUT2D eigenvalue weighted by Gasteiger charge is -2.46. The summed E-state index contributed by atoms with van der Waals surface area (Å²) >= 11 is 0. The molecule has 6 N–H and O–H groups in total. The van der Waals surface area contributed by atoms with Gasteiger partial charge in [-0.25, -0.2) is 0 Å². The van der Waals surface area contributed by atoms with Crippen LogP contribution in [-0.2, 0) is 22.4 Å². The van der Waals surface area contributed by atoms with Crippen LogP contribution in [0.1, 0.15) is 54.1 Å². The number of phenols is 1. The van der Waals surface area contributed by atoms with E-state index in [1.54, 1.807) is 0 Å². The number of fused-ring (bicyclic) bond motifs is 3. The Morgan fingerprint density at radius 1 is 1.10 bits per heavy atom. The minimum absolute atomic E-state index is 0.00730. The van der Waals surface area contributed by atoms with Gasteiger partial charge in [-0.3, -0.25) is 14.4 Å². The summed E-state index contributed by atoms with van der Waals surface area (Å²) in [6.45, 7) is 2.13. The van der Waals surface area contributed by atoms with Crippen molar-refractivity contribution >= 4 is 23.2 Å². The van der Waals surface area contributed by atoms with E-state index in [2.05, 4.69) is 6.92 Å². The van der Waals surface area contributed by atoms with Crippen molar-refractivity contribution in [3.8, 4) is 16.9 Å². The van der Waals surface area contributed by atoms with E-state index in [-0.39, 0.29) is 36.1 Å². The molecule has 3 atom stereocenters. The number of aromatic hydroxyl groups is 1. The summed E-state index contributed by atoms with van der Waals surface area (Å²) in [5, 5.41) is 44.6. The van der Waals surface area contributed by atoms with E-state index in [0.717, 1.165) is 24.9 Å². The van der Waals surface area contributed by atoms with Gasteiger partial charge in [0.1, 0.15) is 22.8 Å². The molecule has 0 unspecified atom stereocenters. The van der Waals surface area contributed by atoms with Gasteiger partial charge in [0.2, 0.25) is 5.78 Å². The lowest BCUT2D eigenvalue weighted by molar-refractivity contribution is -0.144. The highest BCUT2D eigenvalue weighted by Crippen LogP contribution is 2.53. The Kier molecular flexibility index (Phi) is 6.74. The number of aliphatic hydroxyl groups is 3. The molecule has 0 bridgehead atoms. The van der Waals surface area contributed by atoms with Gasteiger partial charge in [0.05, 0.1) is 5.56 Å². The van der Waals surface area contributed by atoms with Crippen LogP contribution in [0.25, 0.3) is 11.1 Å². The number of unbranched alkanes of at least 4 members (excludes halogenated alkanes) is 1. The average Bonchev–Trinajstić information content (AvgIpc) is 2.89. The molecular weight excluding hydrogens is 512 g/mol. The van der Waals surface area contributed by atoms with E-state index in [4.69, 9.17) is 5.73 Å². The van der Waals surface area contributed by atoms with E-state index in [1.807, 2.05) is 49.3 Å². The second-order valence-electron chi connectivity index (χ2n) is 11.3. The van der Waals surface area contributed by atoms with E-state index in [0.29, 0.717) is 16.7 Å². The molecule has 0 fully saturated rings. The number of allylic oxidation sites excluding steroid dienone is 2. The lowest BCUT2D eigenvalue weighted by Crippen LogP contribution is -2.57. The van der Waals surface area contributed by atoms with Crippen molar-refractivity contribution in [3.05, 3.63) is 69.7 Å². The number of hydrogen-bond donors (Lipinski definition) is 5. The summed E-state index contributed by atoms with van der Waals surface area (Å²) in [5.41, 5.74) is 5.41. The molecule has 2 aromatic rings. The Balaban J connectivity index is 1.66. The van der Waals surface area contributed by atoms with Gasteiger partial charge in [-0.15, -0.1) is 0 Å². The Morgan fingerprint density at radius 3 is 2.38 bits per heavy atom. The number of nitrogens with zero attached hydrogens (tertiary/aromatic N) is 1. The molecule has 3 aliphatic carbocycles. The molecule has 2 aromatic carbocycles. The summed E-state index contributed by atoms with van der Waals surface area (Å²) < 4.78 is 0. The number of Topliss-reactive ketones (excluding diaryl/α,β-unsaturated/α-hetero) is 2. The predicted molar refractivity (Wildman–Crippen MR) is 149 cm³/mol. The number of anilines is 1. The quantitative estimate of drug-likeness (QED) is 0.343. The Labute approximate surface area is 232 Å². The highest BCUT2D eigenvalue weighted by atomic mass is 16.3. The van der Waals surface area contributed by atoms with E-state index in [1.165, 1.54) is 5.56 Å². The van der Waals surface area contributed by atoms with Gasteiger partial charge < -0.3 is 31.1 Å². The number of carbonyl (C=O) groups excluding carboxylic acids is 3. The maximum absolute atomic E-state index is 14.0. The number of rotatable bonds is 6. The van der Waals surface area contributed by atoms with Gasteiger partial charge in [-0.2, -0.15) is 0 Å². The number of nitrogens with two attached hydrogens (primary N) is 1. The molecule has 0 spiro atoms. The zero-order chi connectivity index (χ0) is 29.1. The van der Waals surface area contributed by atoms with Gasteiger partial charge in [0.25, 0.3) is 5.91 Å². The van der Waals surface area contributed by atoms with Crippen molar-refractivity contribution in [1.82, 2.24) is 0 Å². The molecule has 0 radical (unpaired) electrons. The van der Waals surface area contributed by atoms with Gasteiger partial charge >= 0.3 is 0 Å². The number of benzene rings is 2. The standard InChI is InChI=1S/C31H34N2O7/c1-4-5-6-15-7-9-16(10-8-15)19-14-21(33(2)3)20-12-17-11-18-13-22(34)25(30(32)39)29(38)31(18,40)28(37)23(17)27(36)24(20)26(19)35/h7-10,14,17-18,34-35,37,40H,4-6,11-13H2,1-3H3,(H2,32,39)/t17-,18+,31+/m1/s1. The monoisotopic (exact) mass is 546 g/mol. The molecule has 9 heteroatoms. The van der Waals surface area contributed by atoms with Crippen LogP contribution in [0, 0.1) is 11.8 Å². The maximum Gasteiger partial charge on any atom is 0.255 e. The Hall–Kier alpha value is -4.11. The number of phenolic OH excluding ortho intramolecular Hbond substituents is 1. The molecule has 210 valence electrons. The summed E-state index contributed by atoms with van der Waals surface area (Å²) in [5.74, 6) is -6.33. The normalized spacial score (nSPS) is 24.0. The van der Waals surface area contributed by atoms with Crippen LogP contribution in [0.5, 0.6) is 5.75 Å². The molecule has 0 saturated heterocycles. The third-order valence-electron chi connectivity index (χ3n) is 8.60. The average molecular weight is 547 g/mol. The van der Waals surface area contributed by atoms with E-state index < -0.39 is 52.0 Å². The molecule has 9 nitrogen and oxygen atoms in total. The molecule has 3 aliphatic rings. The van der Waals surface area contributed by atoms with Gasteiger partial charge in [-0.1, -0.05) is 37.6 Å². The van der Waals surface area contributed by atoms with E-state index >= 15 is 0 Å². The third kappa shape index (κ3) is 3.99. The molecule has 1 amide bonds. The van der Waals surface area contributed by atoms with E-state index in [9.17, 15) is 34.8 Å². The molecule has 0 saturated carbocycles. The highest BCUT2D eigenvalue weighted by molar-refractivity contribution is 6.24. The molecule has 0 heterocycles. The van der Waals surface area contributed by atoms with Crippen LogP contribution in [0.4, 0.5) is 5.69 Å². The number of primary amides is 1. The van der Waals surface area contributed by atoms with Gasteiger partial charge in [-0.05, 0) is 54.4 Å². The molecular formula is C31H34N2O7. The minimum atomic E-state index is -2.58. The minimum Gasteiger partial charge on any atom is -0.511 e. The molecule has 0 aliphatic heterocycles. The van der Waals surface area contributed by atoms with Crippen LogP contribution in [0.15, 0.2) is 53.0 Å². The zero-order valence-corrected chi connectivity index (χ0v) is 22.8. The third-order valence-corrected chi connectivity index (χ3v) is 8.60. The van der Waals surface area contributed by atoms with Gasteiger partial charge in [0.15, 0.2) is 11.4 Å². The first-order valence-electron chi connectivity index (χ1n) is 13.5. The second-order valence-corrected chi connectivity index (χ2v) is 11.3. The van der Waals surface area contributed by atoms with Crippen molar-refractivity contribution in [2.45, 2.75) is 51.0 Å². The second kappa shape index (κ2) is 9.82. The van der Waals surface area contributed by atoms with Crippen molar-refractivity contribution in [3.63, 3.8) is 0 Å². The molecule has 5 rings (SSSR count). The topological polar surface area (TPSA) is 161 Å². The fraction of sp³-hybridized carbons (Fsp3) is 0.387. The molecule has 40 heavy (non-hydrogen) atoms. The summed E-state index contributed by atoms with van der Waals surface area (Å²) in [6, 6.07) is 9.63. The first-order chi connectivity index (χ1) is 18.9. The summed E-state index contributed by atoms with van der Waals surface area (Å²) in [4.78, 5) is 41.0. The molecule has 0 aromatic heterocycles. The van der Waals surface area contributed by atoms with Crippen molar-refractivity contribution in [1.29, 1.82) is 0 Å². The summed E-state index contributed by atoms with van der Waals surface area (Å²) in [7, 11) is 3.68. The SMILES string of the molecule is CCCCc1ccc(-c2cc(N(C)C)c3c(c2O)C(=O)C2=C(O)[C@]4(O)C(=O)C(C(N)=O)=C(O)C[C@@H]4C[C@@H]2C3)cc1.